The zero-order chi connectivity index (χ0) is 13.2. The van der Waals surface area contributed by atoms with Gasteiger partial charge in [-0.05, 0) is 43.4 Å². The molecule has 3 unspecified atom stereocenters. The highest BCUT2D eigenvalue weighted by molar-refractivity contribution is 4.86. The van der Waals surface area contributed by atoms with Crippen LogP contribution in [0.15, 0.2) is 0 Å². The maximum Gasteiger partial charge on any atom is 0.248 e. The number of hydrogen-bond acceptors (Lipinski definition) is 1. The summed E-state index contributed by atoms with van der Waals surface area (Å²) in [6.07, 6.45) is 6.46. The Hall–Kier alpha value is -0.180. The molecule has 2 fully saturated rings. The molecule has 0 aromatic rings. The molecule has 2 rings (SSSR count). The Morgan fingerprint density at radius 1 is 1.11 bits per heavy atom. The van der Waals surface area contributed by atoms with E-state index in [2.05, 4.69) is 6.92 Å². The summed E-state index contributed by atoms with van der Waals surface area (Å²) in [6.45, 7) is 2.21. The predicted octanol–water partition coefficient (Wildman–Crippen LogP) is 4.39. The third-order valence-corrected chi connectivity index (χ3v) is 5.13. The van der Waals surface area contributed by atoms with Crippen molar-refractivity contribution in [2.24, 2.45) is 17.8 Å². The monoisotopic (exact) mass is 260 g/mol. The Kier molecular flexibility index (Phi) is 4.63. The van der Waals surface area contributed by atoms with E-state index in [4.69, 9.17) is 0 Å². The summed E-state index contributed by atoms with van der Waals surface area (Å²) in [5.41, 5.74) is 0. The molecule has 106 valence electrons. The van der Waals surface area contributed by atoms with Crippen LogP contribution >= 0.6 is 0 Å². The lowest BCUT2D eigenvalue weighted by Crippen LogP contribution is -2.37. The largest absolute Gasteiger partial charge is 0.393 e. The second-order valence-corrected chi connectivity index (χ2v) is 6.38. The summed E-state index contributed by atoms with van der Waals surface area (Å²) < 4.78 is 26.2. The number of hydrogen-bond donors (Lipinski definition) is 1. The van der Waals surface area contributed by atoms with Crippen molar-refractivity contribution in [1.29, 1.82) is 0 Å². The topological polar surface area (TPSA) is 20.2 Å². The molecule has 0 radical (unpaired) electrons. The number of rotatable bonds is 3. The Bertz CT molecular complexity index is 257. The van der Waals surface area contributed by atoms with E-state index < -0.39 is 5.92 Å². The van der Waals surface area contributed by atoms with Gasteiger partial charge in [-0.25, -0.2) is 8.78 Å². The van der Waals surface area contributed by atoms with Crippen LogP contribution in [-0.4, -0.2) is 17.1 Å². The highest BCUT2D eigenvalue weighted by atomic mass is 19.3. The van der Waals surface area contributed by atoms with Crippen molar-refractivity contribution in [2.45, 2.75) is 76.7 Å². The zero-order valence-corrected chi connectivity index (χ0v) is 11.4. The van der Waals surface area contributed by atoms with Crippen LogP contribution in [-0.2, 0) is 0 Å². The Labute approximate surface area is 109 Å². The van der Waals surface area contributed by atoms with Gasteiger partial charge in [-0.2, -0.15) is 0 Å². The van der Waals surface area contributed by atoms with Gasteiger partial charge in [-0.3, -0.25) is 0 Å². The Morgan fingerprint density at radius 3 is 2.39 bits per heavy atom. The first-order valence-corrected chi connectivity index (χ1v) is 7.57. The number of alkyl halides is 2. The third kappa shape index (κ3) is 3.43. The summed E-state index contributed by atoms with van der Waals surface area (Å²) in [4.78, 5) is 0. The molecule has 2 aliphatic carbocycles. The van der Waals surface area contributed by atoms with Crippen LogP contribution in [0, 0.1) is 17.8 Å². The van der Waals surface area contributed by atoms with E-state index in [-0.39, 0.29) is 24.9 Å². The molecule has 0 aromatic carbocycles. The molecule has 0 heterocycles. The quantitative estimate of drug-likeness (QED) is 0.798. The van der Waals surface area contributed by atoms with Gasteiger partial charge < -0.3 is 5.11 Å². The van der Waals surface area contributed by atoms with Gasteiger partial charge in [0.2, 0.25) is 5.92 Å². The maximum absolute atomic E-state index is 13.1. The summed E-state index contributed by atoms with van der Waals surface area (Å²) in [5, 5.41) is 10.4. The van der Waals surface area contributed by atoms with Gasteiger partial charge in [0.25, 0.3) is 0 Å². The molecule has 18 heavy (non-hydrogen) atoms. The standard InChI is InChI=1S/C15H26F2O/c1-2-11-4-3-5-13(10-11)14(18)12-6-8-15(16,17)9-7-12/h11-14,18H,2-10H2,1H3. The first kappa shape index (κ1) is 14.2. The summed E-state index contributed by atoms with van der Waals surface area (Å²) >= 11 is 0. The predicted molar refractivity (Wildman–Crippen MR) is 68.7 cm³/mol. The van der Waals surface area contributed by atoms with Crippen molar-refractivity contribution in [3.05, 3.63) is 0 Å². The zero-order valence-electron chi connectivity index (χ0n) is 11.4. The van der Waals surface area contributed by atoms with Crippen LogP contribution in [0.3, 0.4) is 0 Å². The van der Waals surface area contributed by atoms with Crippen LogP contribution in [0.25, 0.3) is 0 Å². The first-order valence-electron chi connectivity index (χ1n) is 7.57. The molecular formula is C15H26F2O. The van der Waals surface area contributed by atoms with Gasteiger partial charge in [0.1, 0.15) is 0 Å². The van der Waals surface area contributed by atoms with Crippen molar-refractivity contribution in [2.75, 3.05) is 0 Å². The van der Waals surface area contributed by atoms with E-state index in [0.717, 1.165) is 18.8 Å². The second-order valence-electron chi connectivity index (χ2n) is 6.38. The highest BCUT2D eigenvalue weighted by Gasteiger charge is 2.39. The summed E-state index contributed by atoms with van der Waals surface area (Å²) in [5.74, 6) is -1.26. The van der Waals surface area contributed by atoms with Gasteiger partial charge in [0.15, 0.2) is 0 Å². The van der Waals surface area contributed by atoms with Crippen LogP contribution in [0.2, 0.25) is 0 Å². The average molecular weight is 260 g/mol. The van der Waals surface area contributed by atoms with Crippen molar-refractivity contribution < 1.29 is 13.9 Å². The molecule has 3 atom stereocenters. The molecule has 1 N–H and O–H groups in total. The lowest BCUT2D eigenvalue weighted by Gasteiger charge is -2.38. The minimum absolute atomic E-state index is 0.0291. The fraction of sp³-hybridized carbons (Fsp3) is 1.00. The summed E-state index contributed by atoms with van der Waals surface area (Å²) in [6, 6.07) is 0. The van der Waals surface area contributed by atoms with E-state index in [9.17, 15) is 13.9 Å². The van der Waals surface area contributed by atoms with Crippen LogP contribution in [0.1, 0.15) is 64.7 Å². The molecule has 0 spiro atoms. The second kappa shape index (κ2) is 5.85. The minimum atomic E-state index is -2.48. The normalized spacial score (nSPS) is 35.3. The highest BCUT2D eigenvalue weighted by Crippen LogP contribution is 2.42. The van der Waals surface area contributed by atoms with Crippen molar-refractivity contribution in [3.63, 3.8) is 0 Å². The third-order valence-electron chi connectivity index (χ3n) is 5.13. The molecule has 0 aromatic heterocycles. The number of aliphatic hydroxyl groups excluding tert-OH is 1. The van der Waals surface area contributed by atoms with E-state index in [1.165, 1.54) is 19.3 Å². The fourth-order valence-electron chi connectivity index (χ4n) is 3.80. The molecule has 0 saturated heterocycles. The van der Waals surface area contributed by atoms with Gasteiger partial charge in [0, 0.05) is 12.8 Å². The van der Waals surface area contributed by atoms with Crippen LogP contribution < -0.4 is 0 Å². The molecule has 2 aliphatic rings. The Balaban J connectivity index is 1.85. The lowest BCUT2D eigenvalue weighted by molar-refractivity contribution is -0.0745. The van der Waals surface area contributed by atoms with E-state index in [1.54, 1.807) is 0 Å². The maximum atomic E-state index is 13.1. The molecular weight excluding hydrogens is 234 g/mol. The van der Waals surface area contributed by atoms with Gasteiger partial charge in [-0.1, -0.05) is 26.2 Å². The molecule has 2 saturated carbocycles. The van der Waals surface area contributed by atoms with Gasteiger partial charge in [-0.15, -0.1) is 0 Å². The Morgan fingerprint density at radius 2 is 1.78 bits per heavy atom. The smallest absolute Gasteiger partial charge is 0.248 e. The fourth-order valence-corrected chi connectivity index (χ4v) is 3.80. The van der Waals surface area contributed by atoms with E-state index >= 15 is 0 Å². The minimum Gasteiger partial charge on any atom is -0.393 e. The number of aliphatic hydroxyl groups is 1. The van der Waals surface area contributed by atoms with Crippen molar-refractivity contribution in [3.8, 4) is 0 Å². The first-order chi connectivity index (χ1) is 8.52. The van der Waals surface area contributed by atoms with Crippen molar-refractivity contribution >= 4 is 0 Å². The SMILES string of the molecule is CCC1CCCC(C(O)C2CCC(F)(F)CC2)C1. The van der Waals surface area contributed by atoms with E-state index in [0.29, 0.717) is 18.8 Å². The number of halogens is 2. The van der Waals surface area contributed by atoms with Crippen LogP contribution in [0.5, 0.6) is 0 Å². The van der Waals surface area contributed by atoms with Crippen molar-refractivity contribution in [1.82, 2.24) is 0 Å². The van der Waals surface area contributed by atoms with Crippen LogP contribution in [0.4, 0.5) is 8.78 Å². The van der Waals surface area contributed by atoms with Gasteiger partial charge >= 0.3 is 0 Å². The summed E-state index contributed by atoms with van der Waals surface area (Å²) in [7, 11) is 0. The molecule has 0 bridgehead atoms. The van der Waals surface area contributed by atoms with Gasteiger partial charge in [0.05, 0.1) is 6.10 Å². The molecule has 0 amide bonds. The van der Waals surface area contributed by atoms with E-state index in [1.807, 2.05) is 0 Å². The average Bonchev–Trinajstić information content (AvgIpc) is 2.38. The lowest BCUT2D eigenvalue weighted by atomic mass is 9.71. The molecule has 3 heteroatoms. The molecule has 0 aliphatic heterocycles. The molecule has 1 nitrogen and oxygen atoms in total.